The van der Waals surface area contributed by atoms with Crippen LogP contribution in [-0.2, 0) is 9.53 Å². The van der Waals surface area contributed by atoms with Crippen molar-refractivity contribution in [1.82, 2.24) is 10.2 Å². The SMILES string of the molecule is COC(=O)C(C1CC1)N1CCNCC1. The van der Waals surface area contributed by atoms with Crippen LogP contribution in [0.1, 0.15) is 12.8 Å². The van der Waals surface area contributed by atoms with Gasteiger partial charge in [-0.15, -0.1) is 0 Å². The zero-order valence-corrected chi connectivity index (χ0v) is 8.66. The molecule has 80 valence electrons. The summed E-state index contributed by atoms with van der Waals surface area (Å²) in [5, 5.41) is 3.29. The Balaban J connectivity index is 1.97. The Kier molecular flexibility index (Phi) is 3.03. The number of nitrogens with zero attached hydrogens (tertiary/aromatic N) is 1. The first-order valence-electron chi connectivity index (χ1n) is 5.35. The van der Waals surface area contributed by atoms with Gasteiger partial charge in [0.15, 0.2) is 0 Å². The van der Waals surface area contributed by atoms with Crippen molar-refractivity contribution in [2.45, 2.75) is 18.9 Å². The van der Waals surface area contributed by atoms with Crippen LogP contribution in [0.3, 0.4) is 0 Å². The monoisotopic (exact) mass is 198 g/mol. The van der Waals surface area contributed by atoms with Crippen molar-refractivity contribution >= 4 is 5.97 Å². The first-order valence-corrected chi connectivity index (χ1v) is 5.35. The number of ether oxygens (including phenoxy) is 1. The maximum absolute atomic E-state index is 11.6. The highest BCUT2D eigenvalue weighted by Crippen LogP contribution is 2.36. The number of carbonyl (C=O) groups excluding carboxylic acids is 1. The lowest BCUT2D eigenvalue weighted by molar-refractivity contribution is -0.148. The fourth-order valence-electron chi connectivity index (χ4n) is 2.13. The maximum Gasteiger partial charge on any atom is 0.323 e. The molecule has 1 atom stereocenters. The number of hydrogen-bond donors (Lipinski definition) is 1. The topological polar surface area (TPSA) is 41.6 Å². The number of carbonyl (C=O) groups is 1. The molecule has 0 aromatic carbocycles. The molecule has 1 heterocycles. The van der Waals surface area contributed by atoms with Crippen molar-refractivity contribution in [2.24, 2.45) is 5.92 Å². The van der Waals surface area contributed by atoms with Gasteiger partial charge in [0.25, 0.3) is 0 Å². The molecule has 1 aliphatic carbocycles. The minimum Gasteiger partial charge on any atom is -0.468 e. The summed E-state index contributed by atoms with van der Waals surface area (Å²) >= 11 is 0. The van der Waals surface area contributed by atoms with Crippen LogP contribution in [0.5, 0.6) is 0 Å². The Bertz CT molecular complexity index is 210. The molecule has 1 N–H and O–H groups in total. The van der Waals surface area contributed by atoms with E-state index in [0.717, 1.165) is 26.2 Å². The molecule has 0 radical (unpaired) electrons. The molecule has 1 aliphatic heterocycles. The van der Waals surface area contributed by atoms with Gasteiger partial charge in [-0.05, 0) is 18.8 Å². The molecule has 0 aromatic rings. The van der Waals surface area contributed by atoms with E-state index in [4.69, 9.17) is 4.74 Å². The number of nitrogens with one attached hydrogen (secondary N) is 1. The van der Waals surface area contributed by atoms with Crippen molar-refractivity contribution in [3.63, 3.8) is 0 Å². The van der Waals surface area contributed by atoms with Crippen LogP contribution in [-0.4, -0.2) is 50.2 Å². The Morgan fingerprint density at radius 1 is 1.43 bits per heavy atom. The molecular weight excluding hydrogens is 180 g/mol. The molecule has 2 aliphatic rings. The van der Waals surface area contributed by atoms with Gasteiger partial charge in [-0.2, -0.15) is 0 Å². The average Bonchev–Trinajstić information content (AvgIpc) is 3.04. The zero-order chi connectivity index (χ0) is 9.97. The fraction of sp³-hybridized carbons (Fsp3) is 0.900. The molecule has 2 fully saturated rings. The van der Waals surface area contributed by atoms with Crippen molar-refractivity contribution < 1.29 is 9.53 Å². The third-order valence-electron chi connectivity index (χ3n) is 3.06. The maximum atomic E-state index is 11.6. The Hall–Kier alpha value is -0.610. The van der Waals surface area contributed by atoms with E-state index in [0.29, 0.717) is 5.92 Å². The summed E-state index contributed by atoms with van der Waals surface area (Å²) in [4.78, 5) is 13.9. The van der Waals surface area contributed by atoms with Crippen LogP contribution >= 0.6 is 0 Å². The van der Waals surface area contributed by atoms with Gasteiger partial charge in [0.05, 0.1) is 7.11 Å². The average molecular weight is 198 g/mol. The van der Waals surface area contributed by atoms with Gasteiger partial charge in [-0.3, -0.25) is 9.69 Å². The number of hydrogen-bond acceptors (Lipinski definition) is 4. The van der Waals surface area contributed by atoms with Gasteiger partial charge in [0, 0.05) is 26.2 Å². The van der Waals surface area contributed by atoms with Crippen LogP contribution in [0.4, 0.5) is 0 Å². The Morgan fingerprint density at radius 2 is 2.07 bits per heavy atom. The summed E-state index contributed by atoms with van der Waals surface area (Å²) in [6, 6.07) is 0.0297. The highest BCUT2D eigenvalue weighted by molar-refractivity contribution is 5.76. The van der Waals surface area contributed by atoms with E-state index >= 15 is 0 Å². The second-order valence-corrected chi connectivity index (χ2v) is 4.09. The Morgan fingerprint density at radius 3 is 2.57 bits per heavy atom. The minimum atomic E-state index is -0.0469. The van der Waals surface area contributed by atoms with E-state index in [1.54, 1.807) is 0 Å². The van der Waals surface area contributed by atoms with E-state index in [1.807, 2.05) is 0 Å². The second kappa shape index (κ2) is 4.28. The molecular formula is C10H18N2O2. The molecule has 4 heteroatoms. The smallest absolute Gasteiger partial charge is 0.323 e. The lowest BCUT2D eigenvalue weighted by atomic mass is 10.1. The molecule has 0 spiro atoms. The summed E-state index contributed by atoms with van der Waals surface area (Å²) < 4.78 is 4.87. The molecule has 14 heavy (non-hydrogen) atoms. The lowest BCUT2D eigenvalue weighted by Gasteiger charge is -2.33. The minimum absolute atomic E-state index is 0.0297. The van der Waals surface area contributed by atoms with Crippen molar-refractivity contribution in [1.29, 1.82) is 0 Å². The highest BCUT2D eigenvalue weighted by atomic mass is 16.5. The van der Waals surface area contributed by atoms with Crippen LogP contribution in [0.2, 0.25) is 0 Å². The second-order valence-electron chi connectivity index (χ2n) is 4.09. The molecule has 2 rings (SSSR count). The first-order chi connectivity index (χ1) is 6.83. The summed E-state index contributed by atoms with van der Waals surface area (Å²) in [5.41, 5.74) is 0. The summed E-state index contributed by atoms with van der Waals surface area (Å²) in [5.74, 6) is 0.509. The quantitative estimate of drug-likeness (QED) is 0.640. The number of rotatable bonds is 3. The summed E-state index contributed by atoms with van der Waals surface area (Å²) in [6.07, 6.45) is 2.37. The highest BCUT2D eigenvalue weighted by Gasteiger charge is 2.41. The standard InChI is InChI=1S/C10H18N2O2/c1-14-10(13)9(8-2-3-8)12-6-4-11-5-7-12/h8-9,11H,2-7H2,1H3. The molecule has 1 unspecified atom stereocenters. The van der Waals surface area contributed by atoms with E-state index in [9.17, 15) is 4.79 Å². The number of esters is 1. The molecule has 0 bridgehead atoms. The van der Waals surface area contributed by atoms with Crippen LogP contribution in [0.15, 0.2) is 0 Å². The molecule has 4 nitrogen and oxygen atoms in total. The predicted molar refractivity (Wildman–Crippen MR) is 53.0 cm³/mol. The summed E-state index contributed by atoms with van der Waals surface area (Å²) in [6.45, 7) is 3.91. The van der Waals surface area contributed by atoms with Gasteiger partial charge in [0.2, 0.25) is 0 Å². The van der Waals surface area contributed by atoms with Crippen LogP contribution < -0.4 is 5.32 Å². The van der Waals surface area contributed by atoms with E-state index in [1.165, 1.54) is 20.0 Å². The summed E-state index contributed by atoms with van der Waals surface area (Å²) in [7, 11) is 1.49. The third-order valence-corrected chi connectivity index (χ3v) is 3.06. The van der Waals surface area contributed by atoms with Crippen molar-refractivity contribution in [2.75, 3.05) is 33.3 Å². The fourth-order valence-corrected chi connectivity index (χ4v) is 2.13. The Labute approximate surface area is 84.6 Å². The molecule has 1 saturated carbocycles. The van der Waals surface area contributed by atoms with Gasteiger partial charge in [-0.1, -0.05) is 0 Å². The zero-order valence-electron chi connectivity index (χ0n) is 8.66. The third kappa shape index (κ3) is 2.07. The van der Waals surface area contributed by atoms with Gasteiger partial charge < -0.3 is 10.1 Å². The van der Waals surface area contributed by atoms with Gasteiger partial charge >= 0.3 is 5.97 Å². The molecule has 0 aromatic heterocycles. The van der Waals surface area contributed by atoms with Crippen molar-refractivity contribution in [3.05, 3.63) is 0 Å². The van der Waals surface area contributed by atoms with Crippen LogP contribution in [0, 0.1) is 5.92 Å². The lowest BCUT2D eigenvalue weighted by Crippen LogP contribution is -2.52. The number of methoxy groups -OCH3 is 1. The van der Waals surface area contributed by atoms with E-state index in [2.05, 4.69) is 10.2 Å². The van der Waals surface area contributed by atoms with Gasteiger partial charge in [-0.25, -0.2) is 0 Å². The van der Waals surface area contributed by atoms with E-state index in [-0.39, 0.29) is 12.0 Å². The predicted octanol–water partition coefficient (Wildman–Crippen LogP) is -0.157. The van der Waals surface area contributed by atoms with E-state index < -0.39 is 0 Å². The van der Waals surface area contributed by atoms with Gasteiger partial charge in [0.1, 0.15) is 6.04 Å². The van der Waals surface area contributed by atoms with Crippen molar-refractivity contribution in [3.8, 4) is 0 Å². The molecule has 1 saturated heterocycles. The number of piperazine rings is 1. The largest absolute Gasteiger partial charge is 0.468 e. The normalized spacial score (nSPS) is 25.8. The van der Waals surface area contributed by atoms with Crippen LogP contribution in [0.25, 0.3) is 0 Å². The first kappa shape index (κ1) is 9.93. The molecule has 0 amide bonds.